The Morgan fingerprint density at radius 2 is 1.71 bits per heavy atom. The summed E-state index contributed by atoms with van der Waals surface area (Å²) in [6, 6.07) is 19.2. The molecular formula is C26H26FN3O3S. The van der Waals surface area contributed by atoms with E-state index in [0.717, 1.165) is 27.6 Å². The van der Waals surface area contributed by atoms with E-state index in [-0.39, 0.29) is 17.1 Å². The minimum Gasteiger partial charge on any atom is -0.361 e. The van der Waals surface area contributed by atoms with Gasteiger partial charge in [0.05, 0.1) is 4.90 Å². The van der Waals surface area contributed by atoms with Crippen LogP contribution in [0.1, 0.15) is 16.7 Å². The van der Waals surface area contributed by atoms with Crippen molar-refractivity contribution in [2.75, 3.05) is 6.54 Å². The van der Waals surface area contributed by atoms with Crippen molar-refractivity contribution in [3.05, 3.63) is 102 Å². The van der Waals surface area contributed by atoms with Gasteiger partial charge >= 0.3 is 0 Å². The molecule has 34 heavy (non-hydrogen) atoms. The van der Waals surface area contributed by atoms with Crippen LogP contribution < -0.4 is 10.0 Å². The quantitative estimate of drug-likeness (QED) is 0.340. The summed E-state index contributed by atoms with van der Waals surface area (Å²) in [5, 5.41) is 3.75. The number of nitrogens with one attached hydrogen (secondary N) is 3. The number of fused-ring (bicyclic) bond motifs is 1. The lowest BCUT2D eigenvalue weighted by molar-refractivity contribution is -0.122. The van der Waals surface area contributed by atoms with E-state index in [1.54, 1.807) is 30.5 Å². The summed E-state index contributed by atoms with van der Waals surface area (Å²) in [6.07, 6.45) is 2.47. The molecule has 1 heterocycles. The van der Waals surface area contributed by atoms with E-state index in [1.165, 1.54) is 24.3 Å². The van der Waals surface area contributed by atoms with Crippen molar-refractivity contribution in [3.63, 3.8) is 0 Å². The minimum atomic E-state index is -3.92. The second-order valence-electron chi connectivity index (χ2n) is 8.22. The molecule has 0 aliphatic rings. The predicted octanol–water partition coefficient (Wildman–Crippen LogP) is 3.86. The molecule has 1 unspecified atom stereocenters. The Bertz CT molecular complexity index is 1380. The second-order valence-corrected chi connectivity index (χ2v) is 9.93. The highest BCUT2D eigenvalue weighted by atomic mass is 32.2. The van der Waals surface area contributed by atoms with Gasteiger partial charge in [0.1, 0.15) is 11.9 Å². The third-order valence-electron chi connectivity index (χ3n) is 5.67. The SMILES string of the molecule is Cc1ccc(S(=O)(=O)NC(Cc2c[nH]c3ccccc23)C(=O)NCCc2ccc(F)cc2)cc1. The molecule has 0 fully saturated rings. The number of aromatic amines is 1. The zero-order chi connectivity index (χ0) is 24.1. The molecule has 0 saturated carbocycles. The van der Waals surface area contributed by atoms with Crippen LogP contribution in [-0.2, 0) is 27.7 Å². The molecule has 8 heteroatoms. The highest BCUT2D eigenvalue weighted by Gasteiger charge is 2.27. The van der Waals surface area contributed by atoms with E-state index >= 15 is 0 Å². The maximum absolute atomic E-state index is 13.1. The van der Waals surface area contributed by atoms with E-state index in [0.29, 0.717) is 13.0 Å². The van der Waals surface area contributed by atoms with Gasteiger partial charge in [-0.05, 0) is 61.2 Å². The first-order valence-electron chi connectivity index (χ1n) is 11.0. The number of benzene rings is 3. The number of aryl methyl sites for hydroxylation is 1. The lowest BCUT2D eigenvalue weighted by atomic mass is 10.0. The normalized spacial score (nSPS) is 12.5. The third kappa shape index (κ3) is 5.70. The molecule has 4 rings (SSSR count). The molecule has 6 nitrogen and oxygen atoms in total. The monoisotopic (exact) mass is 479 g/mol. The van der Waals surface area contributed by atoms with Gasteiger partial charge in [-0.1, -0.05) is 48.0 Å². The van der Waals surface area contributed by atoms with Crippen molar-refractivity contribution in [1.82, 2.24) is 15.0 Å². The number of carbonyl (C=O) groups is 1. The average molecular weight is 480 g/mol. The van der Waals surface area contributed by atoms with Gasteiger partial charge in [-0.25, -0.2) is 12.8 Å². The smallest absolute Gasteiger partial charge is 0.241 e. The lowest BCUT2D eigenvalue weighted by Gasteiger charge is -2.19. The lowest BCUT2D eigenvalue weighted by Crippen LogP contribution is -2.48. The fourth-order valence-electron chi connectivity index (χ4n) is 3.79. The summed E-state index contributed by atoms with van der Waals surface area (Å²) in [7, 11) is -3.92. The fraction of sp³-hybridized carbons (Fsp3) is 0.192. The topological polar surface area (TPSA) is 91.1 Å². The van der Waals surface area contributed by atoms with Gasteiger partial charge in [0.15, 0.2) is 0 Å². The van der Waals surface area contributed by atoms with Crippen LogP contribution in [0.2, 0.25) is 0 Å². The third-order valence-corrected chi connectivity index (χ3v) is 7.16. The van der Waals surface area contributed by atoms with Crippen LogP contribution in [-0.4, -0.2) is 31.9 Å². The van der Waals surface area contributed by atoms with Crippen LogP contribution >= 0.6 is 0 Å². The summed E-state index contributed by atoms with van der Waals surface area (Å²) < 4.78 is 41.8. The maximum Gasteiger partial charge on any atom is 0.241 e. The number of H-pyrrole nitrogens is 1. The number of carbonyl (C=O) groups excluding carboxylic acids is 1. The van der Waals surface area contributed by atoms with Gasteiger partial charge in [0.2, 0.25) is 15.9 Å². The highest BCUT2D eigenvalue weighted by Crippen LogP contribution is 2.20. The molecule has 0 bridgehead atoms. The number of amides is 1. The van der Waals surface area contributed by atoms with Crippen LogP contribution in [0.3, 0.4) is 0 Å². The van der Waals surface area contributed by atoms with Crippen molar-refractivity contribution in [2.24, 2.45) is 0 Å². The molecule has 1 aromatic heterocycles. The van der Waals surface area contributed by atoms with Crippen molar-refractivity contribution in [2.45, 2.75) is 30.7 Å². The van der Waals surface area contributed by atoms with Crippen molar-refractivity contribution >= 4 is 26.8 Å². The van der Waals surface area contributed by atoms with Gasteiger partial charge in [-0.15, -0.1) is 0 Å². The fourth-order valence-corrected chi connectivity index (χ4v) is 4.98. The van der Waals surface area contributed by atoms with Crippen molar-refractivity contribution in [3.8, 4) is 0 Å². The second kappa shape index (κ2) is 10.2. The number of aromatic nitrogens is 1. The number of sulfonamides is 1. The summed E-state index contributed by atoms with van der Waals surface area (Å²) in [5.74, 6) is -0.750. The van der Waals surface area contributed by atoms with Crippen LogP contribution in [0.15, 0.2) is 83.9 Å². The van der Waals surface area contributed by atoms with Gasteiger partial charge < -0.3 is 10.3 Å². The Hall–Kier alpha value is -3.49. The van der Waals surface area contributed by atoms with Crippen LogP contribution in [0, 0.1) is 12.7 Å². The predicted molar refractivity (Wildman–Crippen MR) is 130 cm³/mol. The zero-order valence-corrected chi connectivity index (χ0v) is 19.5. The Kier molecular flexibility index (Phi) is 7.09. The van der Waals surface area contributed by atoms with Gasteiger partial charge in [-0.3, -0.25) is 4.79 Å². The number of para-hydroxylation sites is 1. The van der Waals surface area contributed by atoms with Crippen molar-refractivity contribution in [1.29, 1.82) is 0 Å². The van der Waals surface area contributed by atoms with Gasteiger partial charge in [0, 0.05) is 23.6 Å². The Labute approximate surface area is 198 Å². The van der Waals surface area contributed by atoms with Crippen LogP contribution in [0.5, 0.6) is 0 Å². The summed E-state index contributed by atoms with van der Waals surface area (Å²) in [5.41, 5.74) is 3.55. The Morgan fingerprint density at radius 1 is 1.00 bits per heavy atom. The van der Waals surface area contributed by atoms with E-state index in [4.69, 9.17) is 0 Å². The van der Waals surface area contributed by atoms with Gasteiger partial charge in [-0.2, -0.15) is 4.72 Å². The molecule has 0 saturated heterocycles. The molecule has 1 amide bonds. The van der Waals surface area contributed by atoms with Crippen LogP contribution in [0.25, 0.3) is 10.9 Å². The zero-order valence-electron chi connectivity index (χ0n) is 18.7. The largest absolute Gasteiger partial charge is 0.361 e. The molecule has 0 aliphatic carbocycles. The van der Waals surface area contributed by atoms with E-state index in [1.807, 2.05) is 31.2 Å². The van der Waals surface area contributed by atoms with Gasteiger partial charge in [0.25, 0.3) is 0 Å². The summed E-state index contributed by atoms with van der Waals surface area (Å²) >= 11 is 0. The standard InChI is InChI=1S/C26H26FN3O3S/c1-18-6-12-22(13-7-18)34(32,33)30-25(16-20-17-29-24-5-3-2-4-23(20)24)26(31)28-15-14-19-8-10-21(27)11-9-19/h2-13,17,25,29-30H,14-16H2,1H3,(H,28,31). The molecule has 0 spiro atoms. The number of halogens is 1. The molecule has 0 radical (unpaired) electrons. The molecule has 0 aliphatic heterocycles. The first-order valence-corrected chi connectivity index (χ1v) is 12.5. The molecule has 3 aromatic carbocycles. The molecular weight excluding hydrogens is 453 g/mol. The number of hydrogen-bond donors (Lipinski definition) is 3. The Morgan fingerprint density at radius 3 is 2.44 bits per heavy atom. The molecule has 176 valence electrons. The number of rotatable bonds is 9. The van der Waals surface area contributed by atoms with Crippen molar-refractivity contribution < 1.29 is 17.6 Å². The molecule has 3 N–H and O–H groups in total. The summed E-state index contributed by atoms with van der Waals surface area (Å²) in [4.78, 5) is 16.4. The highest BCUT2D eigenvalue weighted by molar-refractivity contribution is 7.89. The van der Waals surface area contributed by atoms with E-state index in [2.05, 4.69) is 15.0 Å². The summed E-state index contributed by atoms with van der Waals surface area (Å²) in [6.45, 7) is 2.17. The minimum absolute atomic E-state index is 0.0983. The van der Waals surface area contributed by atoms with Crippen LogP contribution in [0.4, 0.5) is 4.39 Å². The van der Waals surface area contributed by atoms with E-state index in [9.17, 15) is 17.6 Å². The first kappa shape index (κ1) is 23.7. The maximum atomic E-state index is 13.1. The Balaban J connectivity index is 1.53. The molecule has 4 aromatic rings. The average Bonchev–Trinajstić information content (AvgIpc) is 3.23. The molecule has 1 atom stereocenters. The number of hydrogen-bond acceptors (Lipinski definition) is 3. The van der Waals surface area contributed by atoms with E-state index < -0.39 is 22.0 Å². The first-order chi connectivity index (χ1) is 16.3.